The molecule has 0 saturated heterocycles. The molecular formula is C6H9ClF2N2. The summed E-state index contributed by atoms with van der Waals surface area (Å²) in [4.78, 5) is 0. The molecule has 0 aromatic heterocycles. The third-order valence-corrected chi connectivity index (χ3v) is 1.34. The number of nitrogens with two attached hydrogens (primary N) is 1. The van der Waals surface area contributed by atoms with Gasteiger partial charge >= 0.3 is 5.38 Å². The molecule has 1 unspecified atom stereocenters. The third kappa shape index (κ3) is 4.14. The molecule has 3 N–H and O–H groups in total. The normalized spacial score (nSPS) is 13.5. The Balaban J connectivity index is 4.03. The van der Waals surface area contributed by atoms with E-state index in [2.05, 4.69) is 11.8 Å². The smallest absolute Gasteiger partial charge is 0.271 e. The Morgan fingerprint density at radius 1 is 1.73 bits per heavy atom. The number of nitrogens with one attached hydrogen (secondary N) is 1. The summed E-state index contributed by atoms with van der Waals surface area (Å²) >= 11 is 4.69. The summed E-state index contributed by atoms with van der Waals surface area (Å²) in [5.41, 5.74) is 1.89. The minimum atomic E-state index is -3.35. The Hall–Kier alpha value is -0.370. The summed E-state index contributed by atoms with van der Waals surface area (Å²) in [7, 11) is 0. The topological polar surface area (TPSA) is 38.0 Å². The number of rotatable bonds is 3. The van der Waals surface area contributed by atoms with Gasteiger partial charge in [-0.15, -0.1) is 11.8 Å². The van der Waals surface area contributed by atoms with E-state index in [0.29, 0.717) is 0 Å². The molecule has 0 heterocycles. The number of halogens is 3. The van der Waals surface area contributed by atoms with Crippen LogP contribution in [0.25, 0.3) is 0 Å². The highest BCUT2D eigenvalue weighted by atomic mass is 35.5. The molecule has 5 heteroatoms. The first-order valence-electron chi connectivity index (χ1n) is 2.94. The van der Waals surface area contributed by atoms with Crippen LogP contribution in [-0.4, -0.2) is 11.4 Å². The van der Waals surface area contributed by atoms with Crippen molar-refractivity contribution in [1.29, 1.82) is 0 Å². The molecule has 0 aromatic carbocycles. The molecule has 0 aromatic rings. The molecule has 0 rings (SSSR count). The molecule has 0 aliphatic heterocycles. The van der Waals surface area contributed by atoms with Crippen LogP contribution in [-0.2, 0) is 0 Å². The number of alkyl halides is 3. The van der Waals surface area contributed by atoms with Gasteiger partial charge in [0.2, 0.25) is 0 Å². The van der Waals surface area contributed by atoms with Crippen molar-refractivity contribution in [2.75, 3.05) is 0 Å². The largest absolute Gasteiger partial charge is 0.338 e. The predicted octanol–water partition coefficient (Wildman–Crippen LogP) is 1.06. The zero-order chi connectivity index (χ0) is 8.91. The minimum Gasteiger partial charge on any atom is -0.271 e. The Morgan fingerprint density at radius 2 is 2.27 bits per heavy atom. The summed E-state index contributed by atoms with van der Waals surface area (Å²) in [5.74, 6) is 9.73. The van der Waals surface area contributed by atoms with E-state index < -0.39 is 11.4 Å². The van der Waals surface area contributed by atoms with Crippen LogP contribution in [0, 0.1) is 11.8 Å². The van der Waals surface area contributed by atoms with Crippen LogP contribution in [0.5, 0.6) is 0 Å². The lowest BCUT2D eigenvalue weighted by atomic mass is 10.2. The first kappa shape index (κ1) is 10.6. The van der Waals surface area contributed by atoms with Crippen molar-refractivity contribution in [2.45, 2.75) is 24.8 Å². The van der Waals surface area contributed by atoms with E-state index in [9.17, 15) is 8.78 Å². The zero-order valence-corrected chi connectivity index (χ0v) is 6.75. The van der Waals surface area contributed by atoms with Crippen LogP contribution < -0.4 is 11.3 Å². The highest BCUT2D eigenvalue weighted by Gasteiger charge is 2.35. The average molecular weight is 183 g/mol. The van der Waals surface area contributed by atoms with Crippen LogP contribution in [0.2, 0.25) is 0 Å². The van der Waals surface area contributed by atoms with E-state index in [-0.39, 0.29) is 6.42 Å². The van der Waals surface area contributed by atoms with Gasteiger partial charge in [0, 0.05) is 6.42 Å². The van der Waals surface area contributed by atoms with Gasteiger partial charge in [-0.1, -0.05) is 0 Å². The van der Waals surface area contributed by atoms with Gasteiger partial charge in [0.15, 0.2) is 0 Å². The fourth-order valence-corrected chi connectivity index (χ4v) is 0.613. The van der Waals surface area contributed by atoms with Crippen LogP contribution in [0.15, 0.2) is 0 Å². The molecule has 64 valence electrons. The second kappa shape index (κ2) is 4.50. The van der Waals surface area contributed by atoms with E-state index in [1.807, 2.05) is 5.43 Å². The molecule has 0 aliphatic rings. The van der Waals surface area contributed by atoms with Crippen molar-refractivity contribution in [3.8, 4) is 11.8 Å². The van der Waals surface area contributed by atoms with Crippen LogP contribution in [0.3, 0.4) is 0 Å². The number of hydrogen-bond acceptors (Lipinski definition) is 2. The highest BCUT2D eigenvalue weighted by molar-refractivity contribution is 6.22. The summed E-state index contributed by atoms with van der Waals surface area (Å²) in [6, 6.07) is -1.29. The molecule has 2 nitrogen and oxygen atoms in total. The third-order valence-electron chi connectivity index (χ3n) is 1.08. The van der Waals surface area contributed by atoms with Crippen molar-refractivity contribution >= 4 is 11.6 Å². The summed E-state index contributed by atoms with van der Waals surface area (Å²) in [5, 5.41) is -3.35. The highest BCUT2D eigenvalue weighted by Crippen LogP contribution is 2.24. The molecule has 0 aliphatic carbocycles. The molecule has 0 radical (unpaired) electrons. The average Bonchev–Trinajstić information content (AvgIpc) is 1.87. The Morgan fingerprint density at radius 3 is 2.55 bits per heavy atom. The first-order chi connectivity index (χ1) is 5.02. The standard InChI is InChI=1S/C6H9ClF2N2/c1-2-3-4-5(11-10)6(7,8)9/h5,11H,4,10H2,1H3. The molecular weight excluding hydrogens is 174 g/mol. The van der Waals surface area contributed by atoms with Crippen LogP contribution >= 0.6 is 11.6 Å². The number of hydrogen-bond donors (Lipinski definition) is 2. The fraction of sp³-hybridized carbons (Fsp3) is 0.667. The Labute approximate surface area is 69.1 Å². The Bertz CT molecular complexity index is 168. The maximum absolute atomic E-state index is 12.3. The minimum absolute atomic E-state index is 0.0660. The molecule has 11 heavy (non-hydrogen) atoms. The van der Waals surface area contributed by atoms with Gasteiger partial charge in [0.1, 0.15) is 6.04 Å². The van der Waals surface area contributed by atoms with Crippen LogP contribution in [0.4, 0.5) is 8.78 Å². The molecule has 0 spiro atoms. The summed E-state index contributed by atoms with van der Waals surface area (Å²) in [6.07, 6.45) is -0.0660. The van der Waals surface area contributed by atoms with E-state index >= 15 is 0 Å². The SMILES string of the molecule is CC#CCC(NN)C(F)(F)Cl. The van der Waals surface area contributed by atoms with Gasteiger partial charge in [-0.2, -0.15) is 8.78 Å². The lowest BCUT2D eigenvalue weighted by molar-refractivity contribution is 0.0521. The van der Waals surface area contributed by atoms with Gasteiger partial charge in [0.05, 0.1) is 0 Å². The van der Waals surface area contributed by atoms with Gasteiger partial charge in [-0.05, 0) is 18.5 Å². The van der Waals surface area contributed by atoms with E-state index in [1.165, 1.54) is 0 Å². The molecule has 0 fully saturated rings. The van der Waals surface area contributed by atoms with Gasteiger partial charge < -0.3 is 0 Å². The lowest BCUT2D eigenvalue weighted by Crippen LogP contribution is -2.45. The van der Waals surface area contributed by atoms with Gasteiger partial charge in [0.25, 0.3) is 0 Å². The van der Waals surface area contributed by atoms with Crippen molar-refractivity contribution in [2.24, 2.45) is 5.84 Å². The van der Waals surface area contributed by atoms with Crippen molar-refractivity contribution in [3.63, 3.8) is 0 Å². The molecule has 1 atom stereocenters. The fourth-order valence-electron chi connectivity index (χ4n) is 0.473. The Kier molecular flexibility index (Phi) is 4.34. The van der Waals surface area contributed by atoms with Crippen LogP contribution in [0.1, 0.15) is 13.3 Å². The summed E-state index contributed by atoms with van der Waals surface area (Å²) in [6.45, 7) is 1.56. The molecule has 0 amide bonds. The molecule has 0 bridgehead atoms. The van der Waals surface area contributed by atoms with Crippen molar-refractivity contribution < 1.29 is 8.78 Å². The predicted molar refractivity (Wildman–Crippen MR) is 40.0 cm³/mol. The van der Waals surface area contributed by atoms with E-state index in [0.717, 1.165) is 0 Å². The van der Waals surface area contributed by atoms with Gasteiger partial charge in [-0.25, -0.2) is 5.43 Å². The zero-order valence-electron chi connectivity index (χ0n) is 6.00. The maximum atomic E-state index is 12.3. The monoisotopic (exact) mass is 182 g/mol. The van der Waals surface area contributed by atoms with Gasteiger partial charge in [-0.3, -0.25) is 5.84 Å². The first-order valence-corrected chi connectivity index (χ1v) is 3.32. The van der Waals surface area contributed by atoms with Crippen molar-refractivity contribution in [1.82, 2.24) is 5.43 Å². The number of hydrazine groups is 1. The second-order valence-electron chi connectivity index (χ2n) is 1.89. The van der Waals surface area contributed by atoms with E-state index in [1.54, 1.807) is 6.92 Å². The van der Waals surface area contributed by atoms with Crippen molar-refractivity contribution in [3.05, 3.63) is 0 Å². The molecule has 0 saturated carbocycles. The quantitative estimate of drug-likeness (QED) is 0.297. The second-order valence-corrected chi connectivity index (χ2v) is 2.40. The summed E-state index contributed by atoms with van der Waals surface area (Å²) < 4.78 is 24.5. The maximum Gasteiger partial charge on any atom is 0.338 e. The van der Waals surface area contributed by atoms with E-state index in [4.69, 9.17) is 17.4 Å². The lowest BCUT2D eigenvalue weighted by Gasteiger charge is -2.17.